The van der Waals surface area contributed by atoms with E-state index >= 15 is 0 Å². The SMILES string of the molecule is CC(=O)c1cccc(NC(=O)CCn2c(=O)[nH]c3ccccc3c2=O)c1. The molecule has 0 saturated carbocycles. The maximum absolute atomic E-state index is 12.4. The monoisotopic (exact) mass is 351 g/mol. The van der Waals surface area contributed by atoms with Gasteiger partial charge in [-0.3, -0.25) is 19.0 Å². The van der Waals surface area contributed by atoms with Crippen LogP contribution in [0.5, 0.6) is 0 Å². The number of aromatic amines is 1. The number of H-pyrrole nitrogens is 1. The normalized spacial score (nSPS) is 10.7. The van der Waals surface area contributed by atoms with Gasteiger partial charge >= 0.3 is 5.69 Å². The van der Waals surface area contributed by atoms with Gasteiger partial charge < -0.3 is 10.3 Å². The minimum absolute atomic E-state index is 0.0444. The van der Waals surface area contributed by atoms with Crippen molar-refractivity contribution in [3.63, 3.8) is 0 Å². The molecule has 0 atom stereocenters. The predicted molar refractivity (Wildman–Crippen MR) is 98.5 cm³/mol. The fourth-order valence-electron chi connectivity index (χ4n) is 2.65. The maximum Gasteiger partial charge on any atom is 0.328 e. The Labute approximate surface area is 148 Å². The van der Waals surface area contributed by atoms with Crippen molar-refractivity contribution in [2.75, 3.05) is 5.32 Å². The number of anilines is 1. The molecule has 2 N–H and O–H groups in total. The fraction of sp³-hybridized carbons (Fsp3) is 0.158. The van der Waals surface area contributed by atoms with E-state index in [9.17, 15) is 19.2 Å². The van der Waals surface area contributed by atoms with Gasteiger partial charge in [0, 0.05) is 24.2 Å². The first-order chi connectivity index (χ1) is 12.5. The number of nitrogens with zero attached hydrogens (tertiary/aromatic N) is 1. The number of para-hydroxylation sites is 1. The summed E-state index contributed by atoms with van der Waals surface area (Å²) in [5.41, 5.74) is 0.451. The van der Waals surface area contributed by atoms with Crippen molar-refractivity contribution in [3.8, 4) is 0 Å². The fourth-order valence-corrected chi connectivity index (χ4v) is 2.65. The van der Waals surface area contributed by atoms with Gasteiger partial charge in [-0.1, -0.05) is 24.3 Å². The van der Waals surface area contributed by atoms with Crippen molar-refractivity contribution < 1.29 is 9.59 Å². The Morgan fingerprint density at radius 2 is 1.85 bits per heavy atom. The summed E-state index contributed by atoms with van der Waals surface area (Å²) in [5.74, 6) is -0.458. The number of hydrogen-bond donors (Lipinski definition) is 2. The second-order valence-corrected chi connectivity index (χ2v) is 5.87. The van der Waals surface area contributed by atoms with Crippen molar-refractivity contribution in [1.82, 2.24) is 9.55 Å². The van der Waals surface area contributed by atoms with Gasteiger partial charge in [0.2, 0.25) is 5.91 Å². The third-order valence-electron chi connectivity index (χ3n) is 4.00. The molecule has 7 nitrogen and oxygen atoms in total. The summed E-state index contributed by atoms with van der Waals surface area (Å²) in [6, 6.07) is 13.3. The topological polar surface area (TPSA) is 101 Å². The van der Waals surface area contributed by atoms with Crippen LogP contribution in [0.15, 0.2) is 58.1 Å². The third kappa shape index (κ3) is 3.61. The molecule has 132 valence electrons. The van der Waals surface area contributed by atoms with Crippen LogP contribution in [0, 0.1) is 0 Å². The molecule has 7 heteroatoms. The van der Waals surface area contributed by atoms with E-state index in [1.807, 2.05) is 0 Å². The number of carbonyl (C=O) groups is 2. The highest BCUT2D eigenvalue weighted by Gasteiger charge is 2.10. The van der Waals surface area contributed by atoms with E-state index in [-0.39, 0.29) is 24.7 Å². The van der Waals surface area contributed by atoms with E-state index in [1.165, 1.54) is 6.92 Å². The minimum atomic E-state index is -0.555. The number of hydrogen-bond acceptors (Lipinski definition) is 4. The maximum atomic E-state index is 12.4. The van der Waals surface area contributed by atoms with Gasteiger partial charge in [0.1, 0.15) is 0 Å². The molecule has 0 aliphatic carbocycles. The number of nitrogens with one attached hydrogen (secondary N) is 2. The van der Waals surface area contributed by atoms with E-state index in [2.05, 4.69) is 10.3 Å². The molecule has 3 aromatic rings. The van der Waals surface area contributed by atoms with Crippen LogP contribution >= 0.6 is 0 Å². The van der Waals surface area contributed by atoms with Crippen molar-refractivity contribution in [2.24, 2.45) is 0 Å². The van der Waals surface area contributed by atoms with E-state index in [0.29, 0.717) is 22.2 Å². The Morgan fingerprint density at radius 1 is 1.08 bits per heavy atom. The van der Waals surface area contributed by atoms with Gasteiger partial charge in [-0.05, 0) is 31.2 Å². The van der Waals surface area contributed by atoms with Crippen molar-refractivity contribution >= 4 is 28.3 Å². The first kappa shape index (κ1) is 17.3. The highest BCUT2D eigenvalue weighted by atomic mass is 16.2. The number of amides is 1. The van der Waals surface area contributed by atoms with E-state index in [1.54, 1.807) is 48.5 Å². The molecule has 0 fully saturated rings. The number of carbonyl (C=O) groups excluding carboxylic acids is 2. The lowest BCUT2D eigenvalue weighted by molar-refractivity contribution is -0.116. The average molecular weight is 351 g/mol. The molecule has 26 heavy (non-hydrogen) atoms. The zero-order valence-electron chi connectivity index (χ0n) is 14.1. The van der Waals surface area contributed by atoms with Crippen LogP contribution in [-0.4, -0.2) is 21.2 Å². The van der Waals surface area contributed by atoms with Crippen LogP contribution in [0.3, 0.4) is 0 Å². The lowest BCUT2D eigenvalue weighted by Gasteiger charge is -2.08. The summed E-state index contributed by atoms with van der Waals surface area (Å²) in [6.45, 7) is 1.40. The van der Waals surface area contributed by atoms with Gasteiger partial charge in [-0.25, -0.2) is 4.79 Å². The molecular weight excluding hydrogens is 334 g/mol. The molecular formula is C19H17N3O4. The van der Waals surface area contributed by atoms with E-state index < -0.39 is 11.2 Å². The van der Waals surface area contributed by atoms with Crippen LogP contribution in [0.1, 0.15) is 23.7 Å². The quantitative estimate of drug-likeness (QED) is 0.686. The van der Waals surface area contributed by atoms with Crippen molar-refractivity contribution in [2.45, 2.75) is 19.9 Å². The lowest BCUT2D eigenvalue weighted by atomic mass is 10.1. The molecule has 1 amide bonds. The number of aromatic nitrogens is 2. The summed E-state index contributed by atoms with van der Waals surface area (Å²) in [7, 11) is 0. The second-order valence-electron chi connectivity index (χ2n) is 5.87. The number of rotatable bonds is 5. The minimum Gasteiger partial charge on any atom is -0.326 e. The molecule has 2 aromatic carbocycles. The smallest absolute Gasteiger partial charge is 0.326 e. The lowest BCUT2D eigenvalue weighted by Crippen LogP contribution is -2.36. The molecule has 0 aliphatic heterocycles. The standard InChI is InChI=1S/C19H17N3O4/c1-12(23)13-5-4-6-14(11-13)20-17(24)9-10-22-18(25)15-7-2-3-8-16(15)21-19(22)26/h2-8,11H,9-10H2,1H3,(H,20,24)(H,21,26). The second kappa shape index (κ2) is 7.18. The highest BCUT2D eigenvalue weighted by Crippen LogP contribution is 2.11. The van der Waals surface area contributed by atoms with E-state index in [4.69, 9.17) is 0 Å². The number of Topliss-reactive ketones (excluding diaryl/α,β-unsaturated/α-hetero) is 1. The van der Waals surface area contributed by atoms with Crippen LogP contribution in [0.25, 0.3) is 10.9 Å². The Hall–Kier alpha value is -3.48. The molecule has 0 unspecified atom stereocenters. The van der Waals surface area contributed by atoms with Gasteiger partial charge in [0.15, 0.2) is 5.78 Å². The highest BCUT2D eigenvalue weighted by molar-refractivity contribution is 5.97. The average Bonchev–Trinajstić information content (AvgIpc) is 2.61. The molecule has 0 aliphatic rings. The Bertz CT molecular complexity index is 1110. The molecule has 1 heterocycles. The van der Waals surface area contributed by atoms with Crippen LogP contribution in [0.4, 0.5) is 5.69 Å². The van der Waals surface area contributed by atoms with Crippen molar-refractivity contribution in [1.29, 1.82) is 0 Å². The summed E-state index contributed by atoms with van der Waals surface area (Å²) < 4.78 is 1.01. The zero-order valence-corrected chi connectivity index (χ0v) is 14.1. The van der Waals surface area contributed by atoms with Crippen LogP contribution < -0.4 is 16.6 Å². The molecule has 0 spiro atoms. The third-order valence-corrected chi connectivity index (χ3v) is 4.00. The number of fused-ring (bicyclic) bond motifs is 1. The predicted octanol–water partition coefficient (Wildman–Crippen LogP) is 1.92. The molecule has 3 rings (SSSR count). The number of benzene rings is 2. The Morgan fingerprint density at radius 3 is 2.62 bits per heavy atom. The first-order valence-corrected chi connectivity index (χ1v) is 8.08. The number of ketones is 1. The molecule has 0 radical (unpaired) electrons. The van der Waals surface area contributed by atoms with Gasteiger partial charge in [0.05, 0.1) is 10.9 Å². The van der Waals surface area contributed by atoms with Crippen LogP contribution in [-0.2, 0) is 11.3 Å². The molecule has 1 aromatic heterocycles. The van der Waals surface area contributed by atoms with Gasteiger partial charge in [0.25, 0.3) is 5.56 Å². The van der Waals surface area contributed by atoms with Crippen molar-refractivity contribution in [3.05, 3.63) is 74.9 Å². The first-order valence-electron chi connectivity index (χ1n) is 8.08. The summed E-state index contributed by atoms with van der Waals surface area (Å²) in [4.78, 5) is 50.6. The van der Waals surface area contributed by atoms with E-state index in [0.717, 1.165) is 4.57 Å². The largest absolute Gasteiger partial charge is 0.328 e. The Balaban J connectivity index is 1.75. The molecule has 0 saturated heterocycles. The summed E-state index contributed by atoms with van der Waals surface area (Å²) in [5, 5.41) is 3.06. The molecule has 0 bridgehead atoms. The van der Waals surface area contributed by atoms with Gasteiger partial charge in [-0.15, -0.1) is 0 Å². The summed E-state index contributed by atoms with van der Waals surface area (Å²) >= 11 is 0. The zero-order chi connectivity index (χ0) is 18.7. The van der Waals surface area contributed by atoms with Crippen LogP contribution in [0.2, 0.25) is 0 Å². The summed E-state index contributed by atoms with van der Waals surface area (Å²) in [6.07, 6.45) is -0.0500. The Kier molecular flexibility index (Phi) is 4.79. The van der Waals surface area contributed by atoms with Gasteiger partial charge in [-0.2, -0.15) is 0 Å².